The molecule has 96 valence electrons. The highest BCUT2D eigenvalue weighted by Gasteiger charge is 2.12. The van der Waals surface area contributed by atoms with E-state index in [0.717, 1.165) is 29.9 Å². The van der Waals surface area contributed by atoms with Gasteiger partial charge in [-0.1, -0.05) is 12.1 Å². The summed E-state index contributed by atoms with van der Waals surface area (Å²) in [6.07, 6.45) is 3.60. The molecule has 0 saturated carbocycles. The minimum absolute atomic E-state index is 0.732. The van der Waals surface area contributed by atoms with Crippen molar-refractivity contribution in [2.45, 2.75) is 20.4 Å². The topological polar surface area (TPSA) is 39.9 Å². The number of aryl methyl sites for hydroxylation is 1. The predicted molar refractivity (Wildman–Crippen MR) is 76.9 cm³/mol. The number of para-hydroxylation sites is 1. The average Bonchev–Trinajstić information content (AvgIpc) is 2.46. The molecule has 19 heavy (non-hydrogen) atoms. The van der Waals surface area contributed by atoms with Gasteiger partial charge in [-0.25, -0.2) is 0 Å². The van der Waals surface area contributed by atoms with Gasteiger partial charge in [0.05, 0.1) is 11.3 Å². The molecule has 3 nitrogen and oxygen atoms in total. The normalized spacial score (nSPS) is 9.95. The van der Waals surface area contributed by atoms with E-state index in [2.05, 4.69) is 22.9 Å². The van der Waals surface area contributed by atoms with Crippen molar-refractivity contribution in [3.05, 3.63) is 59.4 Å². The first-order valence-electron chi connectivity index (χ1n) is 6.39. The van der Waals surface area contributed by atoms with Gasteiger partial charge in [0.1, 0.15) is 6.07 Å². The summed E-state index contributed by atoms with van der Waals surface area (Å²) in [5.74, 6) is 0. The third-order valence-electron chi connectivity index (χ3n) is 3.18. The van der Waals surface area contributed by atoms with E-state index in [0.29, 0.717) is 0 Å². The van der Waals surface area contributed by atoms with Gasteiger partial charge in [0.2, 0.25) is 0 Å². The van der Waals surface area contributed by atoms with Crippen molar-refractivity contribution >= 4 is 5.69 Å². The number of hydrogen-bond donors (Lipinski definition) is 0. The van der Waals surface area contributed by atoms with E-state index in [9.17, 15) is 5.26 Å². The molecule has 0 radical (unpaired) electrons. The maximum Gasteiger partial charge on any atom is 0.101 e. The van der Waals surface area contributed by atoms with Crippen LogP contribution in [0.15, 0.2) is 42.7 Å². The lowest BCUT2D eigenvalue weighted by Crippen LogP contribution is -2.23. The van der Waals surface area contributed by atoms with Gasteiger partial charge in [0.15, 0.2) is 0 Å². The summed E-state index contributed by atoms with van der Waals surface area (Å²) in [4.78, 5) is 6.26. The van der Waals surface area contributed by atoms with Crippen molar-refractivity contribution in [2.75, 3.05) is 11.4 Å². The van der Waals surface area contributed by atoms with Gasteiger partial charge >= 0.3 is 0 Å². The Hall–Kier alpha value is -2.34. The minimum Gasteiger partial charge on any atom is -0.366 e. The van der Waals surface area contributed by atoms with E-state index in [-0.39, 0.29) is 0 Å². The lowest BCUT2D eigenvalue weighted by atomic mass is 10.1. The number of rotatable bonds is 4. The first-order chi connectivity index (χ1) is 9.26. The largest absolute Gasteiger partial charge is 0.366 e. The number of hydrogen-bond acceptors (Lipinski definition) is 3. The van der Waals surface area contributed by atoms with Gasteiger partial charge in [0.25, 0.3) is 0 Å². The van der Waals surface area contributed by atoms with Crippen LogP contribution in [0.1, 0.15) is 23.6 Å². The quantitative estimate of drug-likeness (QED) is 0.837. The van der Waals surface area contributed by atoms with Crippen molar-refractivity contribution in [3.8, 4) is 6.07 Å². The molecule has 0 spiro atoms. The highest BCUT2D eigenvalue weighted by atomic mass is 15.1. The van der Waals surface area contributed by atoms with Crippen LogP contribution in [0.5, 0.6) is 0 Å². The Morgan fingerprint density at radius 1 is 1.21 bits per heavy atom. The molecular formula is C16H17N3. The van der Waals surface area contributed by atoms with Gasteiger partial charge < -0.3 is 4.90 Å². The van der Waals surface area contributed by atoms with E-state index in [1.807, 2.05) is 37.3 Å². The summed E-state index contributed by atoms with van der Waals surface area (Å²) in [6.45, 7) is 5.81. The van der Waals surface area contributed by atoms with E-state index < -0.39 is 0 Å². The Morgan fingerprint density at radius 3 is 2.58 bits per heavy atom. The molecule has 3 heteroatoms. The molecule has 1 heterocycles. The van der Waals surface area contributed by atoms with E-state index >= 15 is 0 Å². The molecule has 1 aromatic heterocycles. The minimum atomic E-state index is 0.732. The third kappa shape index (κ3) is 2.92. The summed E-state index contributed by atoms with van der Waals surface area (Å²) in [7, 11) is 0. The molecule has 0 amide bonds. The van der Waals surface area contributed by atoms with Crippen molar-refractivity contribution < 1.29 is 0 Å². The molecule has 2 aromatic rings. The highest BCUT2D eigenvalue weighted by molar-refractivity contribution is 5.64. The Labute approximate surface area is 114 Å². The molecule has 0 bridgehead atoms. The van der Waals surface area contributed by atoms with E-state index in [1.54, 1.807) is 12.4 Å². The molecule has 0 aliphatic rings. The smallest absolute Gasteiger partial charge is 0.101 e. The van der Waals surface area contributed by atoms with Crippen LogP contribution in [0, 0.1) is 18.3 Å². The number of nitriles is 1. The number of aromatic nitrogens is 1. The van der Waals surface area contributed by atoms with Gasteiger partial charge in [-0.3, -0.25) is 4.98 Å². The third-order valence-corrected chi connectivity index (χ3v) is 3.18. The summed E-state index contributed by atoms with van der Waals surface area (Å²) in [5, 5.41) is 9.27. The second-order valence-electron chi connectivity index (χ2n) is 4.45. The molecule has 0 N–H and O–H groups in total. The molecule has 1 aromatic carbocycles. The zero-order valence-electron chi connectivity index (χ0n) is 11.3. The molecule has 0 atom stereocenters. The molecule has 0 aliphatic carbocycles. The highest BCUT2D eigenvalue weighted by Crippen LogP contribution is 2.25. The second kappa shape index (κ2) is 6.01. The van der Waals surface area contributed by atoms with Crippen LogP contribution in [-0.2, 0) is 6.54 Å². The van der Waals surface area contributed by atoms with Crippen LogP contribution >= 0.6 is 0 Å². The Balaban J connectivity index is 2.36. The fourth-order valence-corrected chi connectivity index (χ4v) is 2.23. The number of benzene rings is 1. The molecule has 0 aliphatic heterocycles. The molecule has 0 unspecified atom stereocenters. The van der Waals surface area contributed by atoms with E-state index in [1.165, 1.54) is 5.56 Å². The first kappa shape index (κ1) is 13.1. The summed E-state index contributed by atoms with van der Waals surface area (Å²) < 4.78 is 0. The van der Waals surface area contributed by atoms with Gasteiger partial charge in [0, 0.05) is 25.5 Å². The first-order valence-corrected chi connectivity index (χ1v) is 6.39. The lowest BCUT2D eigenvalue weighted by Gasteiger charge is -2.26. The number of pyridine rings is 1. The molecule has 0 saturated heterocycles. The average molecular weight is 251 g/mol. The summed E-state index contributed by atoms with van der Waals surface area (Å²) in [5.41, 5.74) is 4.10. The van der Waals surface area contributed by atoms with Crippen LogP contribution in [0.25, 0.3) is 0 Å². The second-order valence-corrected chi connectivity index (χ2v) is 4.45. The number of anilines is 1. The summed E-state index contributed by atoms with van der Waals surface area (Å²) in [6, 6.07) is 12.1. The van der Waals surface area contributed by atoms with Crippen LogP contribution < -0.4 is 4.90 Å². The zero-order valence-corrected chi connectivity index (χ0v) is 11.3. The molecular weight excluding hydrogens is 234 g/mol. The SMILES string of the molecule is CCN(Cc1ccncc1)c1c(C)cccc1C#N. The van der Waals surface area contributed by atoms with Crippen LogP contribution in [0.4, 0.5) is 5.69 Å². The standard InChI is InChI=1S/C16H17N3/c1-3-19(12-14-7-9-18-10-8-14)16-13(2)5-4-6-15(16)11-17/h4-10H,3,12H2,1-2H3. The lowest BCUT2D eigenvalue weighted by molar-refractivity contribution is 0.825. The number of nitrogens with zero attached hydrogens (tertiary/aromatic N) is 3. The van der Waals surface area contributed by atoms with Gasteiger partial charge in [-0.05, 0) is 43.2 Å². The van der Waals surface area contributed by atoms with Crippen LogP contribution in [0.2, 0.25) is 0 Å². The van der Waals surface area contributed by atoms with Gasteiger partial charge in [-0.15, -0.1) is 0 Å². The van der Waals surface area contributed by atoms with Crippen LogP contribution in [0.3, 0.4) is 0 Å². The molecule has 0 fully saturated rings. The van der Waals surface area contributed by atoms with Crippen molar-refractivity contribution in [1.29, 1.82) is 5.26 Å². The fraction of sp³-hybridized carbons (Fsp3) is 0.250. The van der Waals surface area contributed by atoms with Crippen molar-refractivity contribution in [3.63, 3.8) is 0 Å². The zero-order chi connectivity index (χ0) is 13.7. The maximum atomic E-state index is 9.27. The maximum absolute atomic E-state index is 9.27. The summed E-state index contributed by atoms with van der Waals surface area (Å²) >= 11 is 0. The van der Waals surface area contributed by atoms with Gasteiger partial charge in [-0.2, -0.15) is 5.26 Å². The fourth-order valence-electron chi connectivity index (χ4n) is 2.23. The van der Waals surface area contributed by atoms with Crippen molar-refractivity contribution in [1.82, 2.24) is 4.98 Å². The Morgan fingerprint density at radius 2 is 1.95 bits per heavy atom. The van der Waals surface area contributed by atoms with E-state index in [4.69, 9.17) is 0 Å². The predicted octanol–water partition coefficient (Wildman–Crippen LogP) is 3.29. The Kier molecular flexibility index (Phi) is 4.15. The van der Waals surface area contributed by atoms with Crippen molar-refractivity contribution in [2.24, 2.45) is 0 Å². The monoisotopic (exact) mass is 251 g/mol. The van der Waals surface area contributed by atoms with Crippen LogP contribution in [-0.4, -0.2) is 11.5 Å². The Bertz CT molecular complexity index is 585. The molecule has 2 rings (SSSR count).